The Bertz CT molecular complexity index is 884. The molecule has 1 aliphatic rings. The van der Waals surface area contributed by atoms with Gasteiger partial charge >= 0.3 is 0 Å². The van der Waals surface area contributed by atoms with Crippen LogP contribution in [0.3, 0.4) is 0 Å². The van der Waals surface area contributed by atoms with Gasteiger partial charge in [0.25, 0.3) is 0 Å². The third kappa shape index (κ3) is 4.12. The van der Waals surface area contributed by atoms with Crippen molar-refractivity contribution in [1.82, 2.24) is 19.8 Å². The SMILES string of the molecule is CCn1cc(CN2CCCCCC2c2cc(-c3ccc(OC)cc3)no2)cn1. The van der Waals surface area contributed by atoms with Gasteiger partial charge < -0.3 is 9.26 Å². The van der Waals surface area contributed by atoms with E-state index in [0.29, 0.717) is 0 Å². The number of aryl methyl sites for hydroxylation is 1. The average molecular weight is 380 g/mol. The molecule has 3 aromatic rings. The minimum absolute atomic E-state index is 0.256. The number of nitrogens with zero attached hydrogens (tertiary/aromatic N) is 4. The molecule has 0 aliphatic carbocycles. The fourth-order valence-corrected chi connectivity index (χ4v) is 3.92. The smallest absolute Gasteiger partial charge is 0.154 e. The van der Waals surface area contributed by atoms with E-state index in [9.17, 15) is 0 Å². The zero-order valence-electron chi connectivity index (χ0n) is 16.7. The first-order valence-corrected chi connectivity index (χ1v) is 10.1. The highest BCUT2D eigenvalue weighted by molar-refractivity contribution is 5.60. The van der Waals surface area contributed by atoms with Crippen molar-refractivity contribution >= 4 is 0 Å². The van der Waals surface area contributed by atoms with Crippen molar-refractivity contribution in [3.63, 3.8) is 0 Å². The summed E-state index contributed by atoms with van der Waals surface area (Å²) in [4.78, 5) is 2.52. The topological polar surface area (TPSA) is 56.3 Å². The summed E-state index contributed by atoms with van der Waals surface area (Å²) in [5, 5.41) is 8.77. The lowest BCUT2D eigenvalue weighted by molar-refractivity contribution is 0.160. The van der Waals surface area contributed by atoms with Gasteiger partial charge in [-0.15, -0.1) is 0 Å². The molecule has 1 aromatic carbocycles. The Hall–Kier alpha value is -2.60. The fourth-order valence-electron chi connectivity index (χ4n) is 3.92. The fraction of sp³-hybridized carbons (Fsp3) is 0.455. The van der Waals surface area contributed by atoms with Gasteiger partial charge in [0.2, 0.25) is 0 Å². The minimum Gasteiger partial charge on any atom is -0.497 e. The number of aromatic nitrogens is 3. The van der Waals surface area contributed by atoms with Crippen LogP contribution in [0.5, 0.6) is 5.75 Å². The van der Waals surface area contributed by atoms with Crippen molar-refractivity contribution in [3.05, 3.63) is 54.0 Å². The quantitative estimate of drug-likeness (QED) is 0.621. The lowest BCUT2D eigenvalue weighted by Gasteiger charge is -2.27. The summed E-state index contributed by atoms with van der Waals surface area (Å²) in [6, 6.07) is 10.3. The van der Waals surface area contributed by atoms with Crippen molar-refractivity contribution in [2.45, 2.75) is 51.7 Å². The molecule has 6 nitrogen and oxygen atoms in total. The molecule has 1 aliphatic heterocycles. The molecular formula is C22H28N4O2. The number of likely N-dealkylation sites (tertiary alicyclic amines) is 1. The van der Waals surface area contributed by atoms with Crippen LogP contribution in [0.1, 0.15) is 50.0 Å². The highest BCUT2D eigenvalue weighted by Gasteiger charge is 2.26. The van der Waals surface area contributed by atoms with Gasteiger partial charge in [0, 0.05) is 36.5 Å². The van der Waals surface area contributed by atoms with E-state index >= 15 is 0 Å². The molecule has 0 spiro atoms. The maximum absolute atomic E-state index is 5.82. The highest BCUT2D eigenvalue weighted by Crippen LogP contribution is 2.33. The van der Waals surface area contributed by atoms with E-state index < -0.39 is 0 Å². The van der Waals surface area contributed by atoms with Crippen molar-refractivity contribution in [2.24, 2.45) is 0 Å². The van der Waals surface area contributed by atoms with E-state index in [-0.39, 0.29) is 6.04 Å². The Morgan fingerprint density at radius 3 is 2.79 bits per heavy atom. The Labute approximate surface area is 166 Å². The highest BCUT2D eigenvalue weighted by atomic mass is 16.5. The summed E-state index contributed by atoms with van der Waals surface area (Å²) in [6.45, 7) is 4.97. The first kappa shape index (κ1) is 18.7. The Morgan fingerprint density at radius 2 is 2.04 bits per heavy atom. The first-order valence-electron chi connectivity index (χ1n) is 10.1. The lowest BCUT2D eigenvalue weighted by atomic mass is 10.1. The molecule has 3 heterocycles. The second-order valence-corrected chi connectivity index (χ2v) is 7.38. The van der Waals surface area contributed by atoms with Gasteiger partial charge in [-0.1, -0.05) is 18.0 Å². The molecule has 1 saturated heterocycles. The van der Waals surface area contributed by atoms with Crippen LogP contribution in [0.15, 0.2) is 47.2 Å². The van der Waals surface area contributed by atoms with E-state index in [0.717, 1.165) is 48.8 Å². The van der Waals surface area contributed by atoms with E-state index in [1.165, 1.54) is 24.8 Å². The number of hydrogen-bond acceptors (Lipinski definition) is 5. The molecule has 0 saturated carbocycles. The molecule has 148 valence electrons. The van der Waals surface area contributed by atoms with E-state index in [1.54, 1.807) is 7.11 Å². The van der Waals surface area contributed by atoms with Gasteiger partial charge in [0.05, 0.1) is 19.3 Å². The summed E-state index contributed by atoms with van der Waals surface area (Å²) in [5.74, 6) is 1.80. The van der Waals surface area contributed by atoms with Crippen molar-refractivity contribution < 1.29 is 9.26 Å². The van der Waals surface area contributed by atoms with Gasteiger partial charge in [-0.2, -0.15) is 5.10 Å². The van der Waals surface area contributed by atoms with Gasteiger partial charge in [0.15, 0.2) is 5.76 Å². The standard InChI is InChI=1S/C22H28N4O2/c1-3-26-16-17(14-23-26)15-25-12-6-4-5-7-21(25)22-13-20(24-28-22)18-8-10-19(27-2)11-9-18/h8-11,13-14,16,21H,3-7,12,15H2,1-2H3. The molecule has 1 atom stereocenters. The predicted molar refractivity (Wildman–Crippen MR) is 108 cm³/mol. The second-order valence-electron chi connectivity index (χ2n) is 7.38. The second kappa shape index (κ2) is 8.61. The number of rotatable bonds is 6. The molecule has 0 N–H and O–H groups in total. The Morgan fingerprint density at radius 1 is 1.18 bits per heavy atom. The first-order chi connectivity index (χ1) is 13.8. The molecule has 0 amide bonds. The molecule has 0 bridgehead atoms. The summed E-state index contributed by atoms with van der Waals surface area (Å²) >= 11 is 0. The molecule has 4 rings (SSSR count). The van der Waals surface area contributed by atoms with E-state index in [4.69, 9.17) is 9.26 Å². The van der Waals surface area contributed by atoms with Crippen LogP contribution >= 0.6 is 0 Å². The van der Waals surface area contributed by atoms with Crippen LogP contribution < -0.4 is 4.74 Å². The normalized spacial score (nSPS) is 18.1. The zero-order valence-corrected chi connectivity index (χ0v) is 16.7. The summed E-state index contributed by atoms with van der Waals surface area (Å²) in [6.07, 6.45) is 8.92. The number of methoxy groups -OCH3 is 1. The number of ether oxygens (including phenoxy) is 1. The third-order valence-corrected chi connectivity index (χ3v) is 5.50. The van der Waals surface area contributed by atoms with Gasteiger partial charge in [0.1, 0.15) is 11.4 Å². The van der Waals surface area contributed by atoms with Gasteiger partial charge in [-0.05, 0) is 50.6 Å². The van der Waals surface area contributed by atoms with Crippen molar-refractivity contribution in [2.75, 3.05) is 13.7 Å². The molecule has 1 unspecified atom stereocenters. The lowest BCUT2D eigenvalue weighted by Crippen LogP contribution is -2.27. The van der Waals surface area contributed by atoms with Crippen LogP contribution in [-0.2, 0) is 13.1 Å². The Balaban J connectivity index is 1.54. The number of hydrogen-bond donors (Lipinski definition) is 0. The van der Waals surface area contributed by atoms with Crippen LogP contribution in [0.2, 0.25) is 0 Å². The minimum atomic E-state index is 0.256. The predicted octanol–water partition coefficient (Wildman–Crippen LogP) is 4.68. The van der Waals surface area contributed by atoms with Crippen molar-refractivity contribution in [3.8, 4) is 17.0 Å². The summed E-state index contributed by atoms with van der Waals surface area (Å²) in [5.41, 5.74) is 3.17. The van der Waals surface area contributed by atoms with Crippen LogP contribution in [0.25, 0.3) is 11.3 Å². The van der Waals surface area contributed by atoms with Crippen LogP contribution in [-0.4, -0.2) is 33.5 Å². The van der Waals surface area contributed by atoms with Gasteiger partial charge in [-0.25, -0.2) is 0 Å². The molecule has 2 aromatic heterocycles. The largest absolute Gasteiger partial charge is 0.497 e. The van der Waals surface area contributed by atoms with E-state index in [1.807, 2.05) is 35.1 Å². The molecule has 1 fully saturated rings. The van der Waals surface area contributed by atoms with Crippen LogP contribution in [0.4, 0.5) is 0 Å². The maximum atomic E-state index is 5.82. The molecular weight excluding hydrogens is 352 g/mol. The monoisotopic (exact) mass is 380 g/mol. The maximum Gasteiger partial charge on any atom is 0.154 e. The molecule has 6 heteroatoms. The summed E-state index contributed by atoms with van der Waals surface area (Å²) < 4.78 is 13.0. The van der Waals surface area contributed by atoms with Gasteiger partial charge in [-0.3, -0.25) is 9.58 Å². The average Bonchev–Trinajstić information content (AvgIpc) is 3.34. The number of benzene rings is 1. The zero-order chi connectivity index (χ0) is 19.3. The molecule has 28 heavy (non-hydrogen) atoms. The Kier molecular flexibility index (Phi) is 5.76. The molecule has 0 radical (unpaired) electrons. The van der Waals surface area contributed by atoms with Crippen LogP contribution in [0, 0.1) is 0 Å². The van der Waals surface area contributed by atoms with Crippen molar-refractivity contribution in [1.29, 1.82) is 0 Å². The van der Waals surface area contributed by atoms with E-state index in [2.05, 4.69) is 34.3 Å². The summed E-state index contributed by atoms with van der Waals surface area (Å²) in [7, 11) is 1.67. The third-order valence-electron chi connectivity index (χ3n) is 5.50.